The minimum atomic E-state index is 0.0500. The number of fused-ring (bicyclic) bond motifs is 1. The summed E-state index contributed by atoms with van der Waals surface area (Å²) in [5, 5.41) is 0. The summed E-state index contributed by atoms with van der Waals surface area (Å²) in [5.41, 5.74) is 7.38. The molecule has 100 valence electrons. The molecule has 3 rings (SSSR count). The summed E-state index contributed by atoms with van der Waals surface area (Å²) in [6.07, 6.45) is 2.01. The van der Waals surface area contributed by atoms with E-state index >= 15 is 0 Å². The van der Waals surface area contributed by atoms with Crippen molar-refractivity contribution < 1.29 is 4.74 Å². The van der Waals surface area contributed by atoms with E-state index in [4.69, 9.17) is 10.5 Å². The van der Waals surface area contributed by atoms with E-state index in [1.165, 1.54) is 9.75 Å². The average Bonchev–Trinajstić information content (AvgIpc) is 2.86. The van der Waals surface area contributed by atoms with Crippen LogP contribution in [0.3, 0.4) is 0 Å². The normalized spacial score (nSPS) is 21.8. The SMILES string of the molecule is CCc1ccc(C2C[C@@H](N)c3ccc(Br)cc3O2)s1. The molecular formula is C15H16BrNOS. The average molecular weight is 338 g/mol. The molecule has 1 aliphatic heterocycles. The highest BCUT2D eigenvalue weighted by atomic mass is 79.9. The highest BCUT2D eigenvalue weighted by Crippen LogP contribution is 2.42. The number of thiophene rings is 1. The third kappa shape index (κ3) is 2.57. The predicted molar refractivity (Wildman–Crippen MR) is 82.8 cm³/mol. The van der Waals surface area contributed by atoms with E-state index in [1.807, 2.05) is 29.5 Å². The Hall–Kier alpha value is -0.840. The Balaban J connectivity index is 1.91. The number of rotatable bonds is 2. The van der Waals surface area contributed by atoms with Gasteiger partial charge in [0.25, 0.3) is 0 Å². The third-order valence-corrected chi connectivity index (χ3v) is 5.28. The zero-order chi connectivity index (χ0) is 13.4. The monoisotopic (exact) mass is 337 g/mol. The second-order valence-corrected chi connectivity index (χ2v) is 6.90. The lowest BCUT2D eigenvalue weighted by Gasteiger charge is -2.29. The Morgan fingerprint density at radius 1 is 1.37 bits per heavy atom. The van der Waals surface area contributed by atoms with Crippen molar-refractivity contribution in [1.29, 1.82) is 0 Å². The molecule has 2 nitrogen and oxygen atoms in total. The van der Waals surface area contributed by atoms with Crippen LogP contribution in [0.25, 0.3) is 0 Å². The molecule has 0 amide bonds. The highest BCUT2D eigenvalue weighted by molar-refractivity contribution is 9.10. The maximum Gasteiger partial charge on any atom is 0.135 e. The summed E-state index contributed by atoms with van der Waals surface area (Å²) in [6.45, 7) is 2.18. The first-order chi connectivity index (χ1) is 9.17. The highest BCUT2D eigenvalue weighted by Gasteiger charge is 2.28. The second-order valence-electron chi connectivity index (χ2n) is 4.79. The number of aryl methyl sites for hydroxylation is 1. The first kappa shape index (κ1) is 13.2. The molecule has 1 aromatic heterocycles. The molecule has 0 bridgehead atoms. The molecule has 2 heterocycles. The van der Waals surface area contributed by atoms with Crippen LogP contribution in [-0.2, 0) is 6.42 Å². The topological polar surface area (TPSA) is 35.2 Å². The molecule has 2 aromatic rings. The lowest BCUT2D eigenvalue weighted by Crippen LogP contribution is -2.23. The van der Waals surface area contributed by atoms with Gasteiger partial charge >= 0.3 is 0 Å². The van der Waals surface area contributed by atoms with Gasteiger partial charge in [0.1, 0.15) is 11.9 Å². The van der Waals surface area contributed by atoms with Gasteiger partial charge in [-0.15, -0.1) is 11.3 Å². The standard InChI is InChI=1S/C15H16BrNOS/c1-2-10-4-6-15(19-10)14-8-12(17)11-5-3-9(16)7-13(11)18-14/h3-7,12,14H,2,8,17H2,1H3/t12-,14?/m1/s1. The maximum absolute atomic E-state index is 6.27. The van der Waals surface area contributed by atoms with Crippen molar-refractivity contribution in [3.8, 4) is 5.75 Å². The Morgan fingerprint density at radius 2 is 2.21 bits per heavy atom. The van der Waals surface area contributed by atoms with Gasteiger partial charge < -0.3 is 10.5 Å². The van der Waals surface area contributed by atoms with Gasteiger partial charge in [-0.1, -0.05) is 28.9 Å². The molecule has 0 spiro atoms. The molecule has 0 saturated heterocycles. The first-order valence-electron chi connectivity index (χ1n) is 6.47. The van der Waals surface area contributed by atoms with Crippen LogP contribution < -0.4 is 10.5 Å². The van der Waals surface area contributed by atoms with Crippen molar-refractivity contribution in [2.24, 2.45) is 5.73 Å². The third-order valence-electron chi connectivity index (χ3n) is 3.46. The number of benzene rings is 1. The van der Waals surface area contributed by atoms with Gasteiger partial charge in [-0.25, -0.2) is 0 Å². The Kier molecular flexibility index (Phi) is 3.65. The largest absolute Gasteiger partial charge is 0.484 e. The van der Waals surface area contributed by atoms with Gasteiger partial charge in [-0.3, -0.25) is 0 Å². The summed E-state index contributed by atoms with van der Waals surface area (Å²) in [5.74, 6) is 0.907. The fourth-order valence-electron chi connectivity index (χ4n) is 2.41. The van der Waals surface area contributed by atoms with Gasteiger partial charge in [0.15, 0.2) is 0 Å². The molecule has 1 aromatic carbocycles. The maximum atomic E-state index is 6.27. The van der Waals surface area contributed by atoms with Crippen LogP contribution in [0, 0.1) is 0 Å². The smallest absolute Gasteiger partial charge is 0.135 e. The van der Waals surface area contributed by atoms with Gasteiger partial charge in [0.2, 0.25) is 0 Å². The molecule has 0 fully saturated rings. The molecule has 1 aliphatic rings. The lowest BCUT2D eigenvalue weighted by atomic mass is 9.97. The number of hydrogen-bond donors (Lipinski definition) is 1. The van der Waals surface area contributed by atoms with Crippen molar-refractivity contribution >= 4 is 27.3 Å². The minimum absolute atomic E-state index is 0.0500. The number of hydrogen-bond acceptors (Lipinski definition) is 3. The summed E-state index contributed by atoms with van der Waals surface area (Å²) >= 11 is 5.31. The molecule has 19 heavy (non-hydrogen) atoms. The number of halogens is 1. The fourth-order valence-corrected chi connectivity index (χ4v) is 3.74. The molecule has 0 aliphatic carbocycles. The summed E-state index contributed by atoms with van der Waals surface area (Å²) < 4.78 is 7.15. The van der Waals surface area contributed by atoms with Crippen LogP contribution in [-0.4, -0.2) is 0 Å². The van der Waals surface area contributed by atoms with Crippen LogP contribution in [0.5, 0.6) is 5.75 Å². The summed E-state index contributed by atoms with van der Waals surface area (Å²) in [7, 11) is 0. The fraction of sp³-hybridized carbons (Fsp3) is 0.333. The predicted octanol–water partition coefficient (Wildman–Crippen LogP) is 4.60. The zero-order valence-electron chi connectivity index (χ0n) is 10.7. The van der Waals surface area contributed by atoms with Gasteiger partial charge in [-0.05, 0) is 30.7 Å². The van der Waals surface area contributed by atoms with Crippen molar-refractivity contribution in [1.82, 2.24) is 0 Å². The molecule has 2 atom stereocenters. The van der Waals surface area contributed by atoms with Gasteiger partial charge in [-0.2, -0.15) is 0 Å². The second kappa shape index (κ2) is 5.27. The molecule has 0 saturated carbocycles. The van der Waals surface area contributed by atoms with E-state index in [-0.39, 0.29) is 12.1 Å². The lowest BCUT2D eigenvalue weighted by molar-refractivity contribution is 0.165. The number of ether oxygens (including phenoxy) is 1. The van der Waals surface area contributed by atoms with E-state index < -0.39 is 0 Å². The summed E-state index contributed by atoms with van der Waals surface area (Å²) in [6, 6.07) is 10.5. The van der Waals surface area contributed by atoms with Crippen molar-refractivity contribution in [3.63, 3.8) is 0 Å². The van der Waals surface area contributed by atoms with Gasteiger partial charge in [0.05, 0.1) is 0 Å². The Labute approximate surface area is 125 Å². The molecule has 4 heteroatoms. The minimum Gasteiger partial charge on any atom is -0.484 e. The summed E-state index contributed by atoms with van der Waals surface area (Å²) in [4.78, 5) is 2.67. The molecular weight excluding hydrogens is 322 g/mol. The quantitative estimate of drug-likeness (QED) is 0.869. The van der Waals surface area contributed by atoms with Gasteiger partial charge in [0, 0.05) is 32.3 Å². The van der Waals surface area contributed by atoms with Crippen LogP contribution in [0.2, 0.25) is 0 Å². The molecule has 1 unspecified atom stereocenters. The molecule has 0 radical (unpaired) electrons. The van der Waals surface area contributed by atoms with E-state index in [0.29, 0.717) is 0 Å². The first-order valence-corrected chi connectivity index (χ1v) is 8.08. The molecule has 2 N–H and O–H groups in total. The van der Waals surface area contributed by atoms with Crippen LogP contribution >= 0.6 is 27.3 Å². The van der Waals surface area contributed by atoms with E-state index in [1.54, 1.807) is 0 Å². The Bertz CT molecular complexity index is 596. The zero-order valence-corrected chi connectivity index (χ0v) is 13.1. The van der Waals surface area contributed by atoms with Crippen LogP contribution in [0.1, 0.15) is 40.8 Å². The van der Waals surface area contributed by atoms with E-state index in [0.717, 1.165) is 28.6 Å². The van der Waals surface area contributed by atoms with Crippen molar-refractivity contribution in [2.45, 2.75) is 31.9 Å². The van der Waals surface area contributed by atoms with Crippen LogP contribution in [0.15, 0.2) is 34.8 Å². The van der Waals surface area contributed by atoms with Crippen LogP contribution in [0.4, 0.5) is 0 Å². The van der Waals surface area contributed by atoms with E-state index in [2.05, 4.69) is 35.0 Å². The Morgan fingerprint density at radius 3 is 2.95 bits per heavy atom. The number of nitrogens with two attached hydrogens (primary N) is 1. The van der Waals surface area contributed by atoms with E-state index in [9.17, 15) is 0 Å². The van der Waals surface area contributed by atoms with Crippen molar-refractivity contribution in [3.05, 3.63) is 50.1 Å². The van der Waals surface area contributed by atoms with Crippen molar-refractivity contribution in [2.75, 3.05) is 0 Å².